The molecule has 3 aromatic rings. The molecule has 3 N–H and O–H groups in total. The van der Waals surface area contributed by atoms with Gasteiger partial charge < -0.3 is 0 Å². The molecule has 0 aliphatic carbocycles. The van der Waals surface area contributed by atoms with E-state index in [9.17, 15) is 10.1 Å². The number of nitrogen functional groups attached to an aromatic ring is 1. The molecule has 1 amide bonds. The number of nitrogens with two attached hydrogens (primary N) is 1. The van der Waals surface area contributed by atoms with E-state index in [2.05, 4.69) is 11.2 Å². The van der Waals surface area contributed by atoms with Gasteiger partial charge in [0.15, 0.2) is 5.69 Å². The molecule has 3 rings (SSSR count). The number of rotatable bonds is 3. The Hall–Kier alpha value is -3.43. The molecule has 6 heteroatoms. The van der Waals surface area contributed by atoms with E-state index in [1.807, 2.05) is 66.1 Å². The zero-order chi connectivity index (χ0) is 16.2. The normalized spacial score (nSPS) is 10.1. The highest BCUT2D eigenvalue weighted by Crippen LogP contribution is 2.28. The van der Waals surface area contributed by atoms with Crippen LogP contribution in [0.15, 0.2) is 60.7 Å². The van der Waals surface area contributed by atoms with Crippen LogP contribution in [0.2, 0.25) is 0 Å². The number of hydrogen-bond donors (Lipinski definition) is 2. The van der Waals surface area contributed by atoms with E-state index in [-0.39, 0.29) is 11.3 Å². The molecule has 0 atom stereocenters. The summed E-state index contributed by atoms with van der Waals surface area (Å²) in [7, 11) is 0. The summed E-state index contributed by atoms with van der Waals surface area (Å²) in [6.07, 6.45) is 0. The van der Waals surface area contributed by atoms with Crippen molar-refractivity contribution in [3.8, 4) is 23.0 Å². The third kappa shape index (κ3) is 2.57. The van der Waals surface area contributed by atoms with E-state index in [1.165, 1.54) is 0 Å². The summed E-state index contributed by atoms with van der Waals surface area (Å²) in [6, 6.07) is 20.7. The van der Waals surface area contributed by atoms with Crippen molar-refractivity contribution in [2.45, 2.75) is 0 Å². The van der Waals surface area contributed by atoms with Crippen molar-refractivity contribution in [3.05, 3.63) is 71.9 Å². The number of para-hydroxylation sites is 1. The van der Waals surface area contributed by atoms with Crippen LogP contribution >= 0.6 is 0 Å². The molecule has 2 aromatic carbocycles. The SMILES string of the molecule is N#Cc1c(C(=O)NN)nn(-c2ccccc2)c1-c1ccccc1. The van der Waals surface area contributed by atoms with Crippen LogP contribution in [-0.2, 0) is 0 Å². The lowest BCUT2D eigenvalue weighted by Gasteiger charge is -2.07. The number of hydrazine groups is 1. The molecule has 0 spiro atoms. The van der Waals surface area contributed by atoms with Gasteiger partial charge in [0.2, 0.25) is 0 Å². The van der Waals surface area contributed by atoms with Crippen molar-refractivity contribution in [1.82, 2.24) is 15.2 Å². The first-order chi connectivity index (χ1) is 11.3. The quantitative estimate of drug-likeness (QED) is 0.439. The number of nitrogens with one attached hydrogen (secondary N) is 1. The molecule has 1 aromatic heterocycles. The van der Waals surface area contributed by atoms with Crippen LogP contribution in [0.1, 0.15) is 16.1 Å². The smallest absolute Gasteiger partial charge is 0.287 e. The van der Waals surface area contributed by atoms with Crippen LogP contribution in [-0.4, -0.2) is 15.7 Å². The summed E-state index contributed by atoms with van der Waals surface area (Å²) in [6.45, 7) is 0. The van der Waals surface area contributed by atoms with Crippen molar-refractivity contribution in [2.75, 3.05) is 0 Å². The highest BCUT2D eigenvalue weighted by molar-refractivity contribution is 5.96. The molecule has 23 heavy (non-hydrogen) atoms. The lowest BCUT2D eigenvalue weighted by atomic mass is 10.1. The zero-order valence-corrected chi connectivity index (χ0v) is 12.1. The van der Waals surface area contributed by atoms with Gasteiger partial charge in [-0.25, -0.2) is 10.5 Å². The Balaban J connectivity index is 2.33. The number of hydrogen-bond acceptors (Lipinski definition) is 4. The van der Waals surface area contributed by atoms with E-state index in [4.69, 9.17) is 5.84 Å². The van der Waals surface area contributed by atoms with Crippen LogP contribution in [0.25, 0.3) is 16.9 Å². The Morgan fingerprint density at radius 2 is 1.70 bits per heavy atom. The standard InChI is InChI=1S/C17H13N5O/c18-11-14-15(17(23)20-19)21-22(13-9-5-2-6-10-13)16(14)12-7-3-1-4-8-12/h1-10H,19H2,(H,20,23). The predicted octanol–water partition coefficient (Wildman–Crippen LogP) is 2.01. The zero-order valence-electron chi connectivity index (χ0n) is 12.1. The number of amides is 1. The number of benzene rings is 2. The molecule has 0 saturated heterocycles. The highest BCUT2D eigenvalue weighted by atomic mass is 16.2. The molecule has 0 saturated carbocycles. The second kappa shape index (κ2) is 6.13. The van der Waals surface area contributed by atoms with Crippen molar-refractivity contribution in [3.63, 3.8) is 0 Å². The Morgan fingerprint density at radius 1 is 1.09 bits per heavy atom. The van der Waals surface area contributed by atoms with E-state index in [0.29, 0.717) is 5.69 Å². The molecular formula is C17H13N5O. The third-order valence-electron chi connectivity index (χ3n) is 3.39. The van der Waals surface area contributed by atoms with Gasteiger partial charge in [0, 0.05) is 5.56 Å². The summed E-state index contributed by atoms with van der Waals surface area (Å²) in [5.74, 6) is 4.60. The van der Waals surface area contributed by atoms with E-state index < -0.39 is 5.91 Å². The Bertz CT molecular complexity index is 879. The highest BCUT2D eigenvalue weighted by Gasteiger charge is 2.24. The third-order valence-corrected chi connectivity index (χ3v) is 3.39. The van der Waals surface area contributed by atoms with Crippen molar-refractivity contribution in [2.24, 2.45) is 5.84 Å². The molecule has 0 aliphatic heterocycles. The Kier molecular flexibility index (Phi) is 3.87. The topological polar surface area (TPSA) is 96.7 Å². The van der Waals surface area contributed by atoms with Gasteiger partial charge in [0.1, 0.15) is 11.6 Å². The van der Waals surface area contributed by atoms with E-state index in [1.54, 1.807) is 4.68 Å². The number of carbonyl (C=O) groups excluding carboxylic acids is 1. The Morgan fingerprint density at radius 3 is 2.26 bits per heavy atom. The largest absolute Gasteiger partial charge is 0.289 e. The van der Waals surface area contributed by atoms with E-state index >= 15 is 0 Å². The number of aromatic nitrogens is 2. The average Bonchev–Trinajstić information content (AvgIpc) is 3.02. The molecule has 0 bridgehead atoms. The van der Waals surface area contributed by atoms with Gasteiger partial charge in [-0.2, -0.15) is 10.4 Å². The number of carbonyl (C=O) groups is 1. The van der Waals surface area contributed by atoms with Crippen molar-refractivity contribution >= 4 is 5.91 Å². The van der Waals surface area contributed by atoms with Crippen LogP contribution in [0, 0.1) is 11.3 Å². The van der Waals surface area contributed by atoms with E-state index in [0.717, 1.165) is 11.3 Å². The molecule has 6 nitrogen and oxygen atoms in total. The minimum Gasteiger partial charge on any atom is -0.289 e. The average molecular weight is 303 g/mol. The maximum Gasteiger partial charge on any atom is 0.287 e. The van der Waals surface area contributed by atoms with Crippen LogP contribution < -0.4 is 11.3 Å². The monoisotopic (exact) mass is 303 g/mol. The molecule has 0 fully saturated rings. The van der Waals surface area contributed by atoms with Crippen LogP contribution in [0.4, 0.5) is 0 Å². The molecule has 0 radical (unpaired) electrons. The maximum absolute atomic E-state index is 12.0. The van der Waals surface area contributed by atoms with Crippen LogP contribution in [0.3, 0.4) is 0 Å². The van der Waals surface area contributed by atoms with Crippen molar-refractivity contribution in [1.29, 1.82) is 5.26 Å². The first-order valence-corrected chi connectivity index (χ1v) is 6.91. The van der Waals surface area contributed by atoms with Gasteiger partial charge in [0.25, 0.3) is 5.91 Å². The fourth-order valence-corrected chi connectivity index (χ4v) is 2.37. The van der Waals surface area contributed by atoms with Gasteiger partial charge in [-0.3, -0.25) is 10.2 Å². The lowest BCUT2D eigenvalue weighted by Crippen LogP contribution is -2.31. The minimum absolute atomic E-state index is 0.00212. The minimum atomic E-state index is -0.603. The summed E-state index contributed by atoms with van der Waals surface area (Å²) in [5, 5.41) is 13.8. The van der Waals surface area contributed by atoms with Gasteiger partial charge in [0.05, 0.1) is 11.4 Å². The molecule has 1 heterocycles. The summed E-state index contributed by atoms with van der Waals surface area (Å²) in [5.41, 5.74) is 4.31. The lowest BCUT2D eigenvalue weighted by molar-refractivity contribution is 0.0948. The van der Waals surface area contributed by atoms with Crippen molar-refractivity contribution < 1.29 is 4.79 Å². The number of nitriles is 1. The molecular weight excluding hydrogens is 290 g/mol. The van der Waals surface area contributed by atoms with Crippen LogP contribution in [0.5, 0.6) is 0 Å². The first-order valence-electron chi connectivity index (χ1n) is 6.91. The fraction of sp³-hybridized carbons (Fsp3) is 0. The Labute approximate surface area is 132 Å². The molecule has 112 valence electrons. The maximum atomic E-state index is 12.0. The number of nitrogens with zero attached hydrogens (tertiary/aromatic N) is 3. The molecule has 0 unspecified atom stereocenters. The van der Waals surface area contributed by atoms with Gasteiger partial charge >= 0.3 is 0 Å². The summed E-state index contributed by atoms with van der Waals surface area (Å²) in [4.78, 5) is 12.0. The summed E-state index contributed by atoms with van der Waals surface area (Å²) >= 11 is 0. The first kappa shape index (κ1) is 14.5. The summed E-state index contributed by atoms with van der Waals surface area (Å²) < 4.78 is 1.58. The van der Waals surface area contributed by atoms with Gasteiger partial charge in [-0.1, -0.05) is 48.5 Å². The van der Waals surface area contributed by atoms with Gasteiger partial charge in [-0.05, 0) is 12.1 Å². The second-order valence-electron chi connectivity index (χ2n) is 4.77. The fourth-order valence-electron chi connectivity index (χ4n) is 2.37. The second-order valence-corrected chi connectivity index (χ2v) is 4.77. The van der Waals surface area contributed by atoms with Gasteiger partial charge in [-0.15, -0.1) is 0 Å². The predicted molar refractivity (Wildman–Crippen MR) is 85.4 cm³/mol. The molecule has 0 aliphatic rings.